The lowest BCUT2D eigenvalue weighted by Gasteiger charge is -2.25. The molecule has 0 bridgehead atoms. The van der Waals surface area contributed by atoms with E-state index in [2.05, 4.69) is 38.7 Å². The van der Waals surface area contributed by atoms with Crippen LogP contribution in [0, 0.1) is 0 Å². The number of nitrogens with one attached hydrogen (secondary N) is 2. The zero-order valence-corrected chi connectivity index (χ0v) is 13.4. The van der Waals surface area contributed by atoms with Gasteiger partial charge in [0, 0.05) is 43.8 Å². The number of pyridine rings is 1. The number of aromatic amines is 1. The fourth-order valence-electron chi connectivity index (χ4n) is 3.40. The number of aromatic nitrogens is 3. The van der Waals surface area contributed by atoms with Crippen LogP contribution in [0.1, 0.15) is 23.6 Å². The summed E-state index contributed by atoms with van der Waals surface area (Å²) in [5.41, 5.74) is 3.25. The zero-order chi connectivity index (χ0) is 16.5. The molecule has 0 spiro atoms. The number of carbonyl (C=O) groups excluding carboxylic acids is 1. The highest BCUT2D eigenvalue weighted by Crippen LogP contribution is 2.31. The minimum Gasteiger partial charge on any atom is -0.337 e. The molecule has 6 heteroatoms. The lowest BCUT2D eigenvalue weighted by atomic mass is 10.0. The second-order valence-corrected chi connectivity index (χ2v) is 6.22. The first-order chi connectivity index (χ1) is 11.7. The number of hydrogen-bond acceptors (Lipinski definition) is 4. The third-order valence-corrected chi connectivity index (χ3v) is 4.69. The average Bonchev–Trinajstić information content (AvgIpc) is 3.18. The van der Waals surface area contributed by atoms with E-state index in [1.54, 1.807) is 6.20 Å². The van der Waals surface area contributed by atoms with Gasteiger partial charge in [-0.3, -0.25) is 14.9 Å². The molecule has 2 N–H and O–H groups in total. The summed E-state index contributed by atoms with van der Waals surface area (Å²) in [6, 6.07) is 10.3. The van der Waals surface area contributed by atoms with Crippen LogP contribution in [0.2, 0.25) is 0 Å². The first-order valence-corrected chi connectivity index (χ1v) is 8.03. The Balaban J connectivity index is 1.52. The molecule has 3 aromatic rings. The van der Waals surface area contributed by atoms with Crippen molar-refractivity contribution in [2.24, 2.45) is 0 Å². The highest BCUT2D eigenvalue weighted by atomic mass is 16.2. The number of benzene rings is 1. The number of carbonyl (C=O) groups is 1. The molecule has 1 aliphatic heterocycles. The van der Waals surface area contributed by atoms with Gasteiger partial charge in [0.2, 0.25) is 5.91 Å². The predicted octanol–water partition coefficient (Wildman–Crippen LogP) is 2.02. The van der Waals surface area contributed by atoms with Crippen molar-refractivity contribution in [2.45, 2.75) is 25.0 Å². The summed E-state index contributed by atoms with van der Waals surface area (Å²) in [6.45, 7) is 0.706. The van der Waals surface area contributed by atoms with Crippen molar-refractivity contribution in [1.82, 2.24) is 25.4 Å². The molecule has 0 radical (unpaired) electrons. The van der Waals surface area contributed by atoms with E-state index in [4.69, 9.17) is 0 Å². The smallest absolute Gasteiger partial charge is 0.224 e. The number of nitrogens with zero attached hydrogens (tertiary/aromatic N) is 3. The number of amides is 1. The summed E-state index contributed by atoms with van der Waals surface area (Å²) in [5.74, 6) is 0.158. The van der Waals surface area contributed by atoms with Gasteiger partial charge in [0.1, 0.15) is 0 Å². The summed E-state index contributed by atoms with van der Waals surface area (Å²) in [7, 11) is 1.86. The van der Waals surface area contributed by atoms with Gasteiger partial charge in [0.15, 0.2) is 0 Å². The van der Waals surface area contributed by atoms with Gasteiger partial charge >= 0.3 is 0 Å². The molecule has 3 heterocycles. The van der Waals surface area contributed by atoms with Crippen molar-refractivity contribution in [3.05, 3.63) is 60.0 Å². The van der Waals surface area contributed by atoms with Crippen molar-refractivity contribution in [1.29, 1.82) is 0 Å². The van der Waals surface area contributed by atoms with Crippen LogP contribution in [0.15, 0.2) is 48.9 Å². The SMILES string of the molecule is CN1C(=O)C[C@@H](NCc2ccc3cn[nH]c3c2)[C@@H]1c1cccnc1. The van der Waals surface area contributed by atoms with E-state index >= 15 is 0 Å². The number of likely N-dealkylation sites (N-methyl/N-ethyl adjacent to an activating group) is 1. The molecule has 0 unspecified atom stereocenters. The molecular formula is C18H19N5O. The van der Waals surface area contributed by atoms with Gasteiger partial charge in [-0.05, 0) is 23.3 Å². The Morgan fingerprint density at radius 1 is 1.33 bits per heavy atom. The number of rotatable bonds is 4. The molecular weight excluding hydrogens is 302 g/mol. The maximum Gasteiger partial charge on any atom is 0.224 e. The molecule has 24 heavy (non-hydrogen) atoms. The van der Waals surface area contributed by atoms with Crippen molar-refractivity contribution in [3.8, 4) is 0 Å². The van der Waals surface area contributed by atoms with Gasteiger partial charge in [0.25, 0.3) is 0 Å². The molecule has 1 aliphatic rings. The normalized spacial score (nSPS) is 20.9. The molecule has 2 aromatic heterocycles. The maximum atomic E-state index is 12.2. The maximum absolute atomic E-state index is 12.2. The van der Waals surface area contributed by atoms with E-state index in [0.717, 1.165) is 16.5 Å². The highest BCUT2D eigenvalue weighted by Gasteiger charge is 2.38. The summed E-state index contributed by atoms with van der Waals surface area (Å²) in [5, 5.41) is 11.7. The van der Waals surface area contributed by atoms with Gasteiger partial charge < -0.3 is 10.2 Å². The second-order valence-electron chi connectivity index (χ2n) is 6.22. The van der Waals surface area contributed by atoms with Gasteiger partial charge in [-0.1, -0.05) is 18.2 Å². The fourth-order valence-corrected chi connectivity index (χ4v) is 3.40. The van der Waals surface area contributed by atoms with E-state index in [1.165, 1.54) is 5.56 Å². The number of hydrogen-bond donors (Lipinski definition) is 2. The molecule has 2 atom stereocenters. The molecule has 122 valence electrons. The van der Waals surface area contributed by atoms with Crippen molar-refractivity contribution >= 4 is 16.8 Å². The minimum absolute atomic E-state index is 0.0158. The van der Waals surface area contributed by atoms with E-state index in [9.17, 15) is 4.79 Å². The van der Waals surface area contributed by atoms with E-state index < -0.39 is 0 Å². The van der Waals surface area contributed by atoms with Crippen LogP contribution in [-0.2, 0) is 11.3 Å². The molecule has 1 amide bonds. The third-order valence-electron chi connectivity index (χ3n) is 4.69. The van der Waals surface area contributed by atoms with Crippen LogP contribution in [0.5, 0.6) is 0 Å². The Labute approximate surface area is 139 Å². The Morgan fingerprint density at radius 3 is 3.08 bits per heavy atom. The van der Waals surface area contributed by atoms with E-state index in [0.29, 0.717) is 13.0 Å². The Bertz CT molecular complexity index is 860. The van der Waals surface area contributed by atoms with Gasteiger partial charge in [-0.2, -0.15) is 5.10 Å². The van der Waals surface area contributed by atoms with Crippen LogP contribution in [0.3, 0.4) is 0 Å². The van der Waals surface area contributed by atoms with Crippen molar-refractivity contribution in [3.63, 3.8) is 0 Å². The second kappa shape index (κ2) is 6.05. The molecule has 6 nitrogen and oxygen atoms in total. The summed E-state index contributed by atoms with van der Waals surface area (Å²) in [4.78, 5) is 18.2. The lowest BCUT2D eigenvalue weighted by molar-refractivity contribution is -0.127. The summed E-state index contributed by atoms with van der Waals surface area (Å²) >= 11 is 0. The standard InChI is InChI=1S/C18H19N5O/c1-23-17(24)8-16(18(23)14-3-2-6-19-10-14)20-9-12-4-5-13-11-21-22-15(13)7-12/h2-7,10-11,16,18,20H,8-9H2,1H3,(H,21,22)/t16-,18+/m1/s1. The number of fused-ring (bicyclic) bond motifs is 1. The zero-order valence-electron chi connectivity index (χ0n) is 13.4. The molecule has 0 aliphatic carbocycles. The topological polar surface area (TPSA) is 73.9 Å². The Morgan fingerprint density at radius 2 is 2.25 bits per heavy atom. The lowest BCUT2D eigenvalue weighted by Crippen LogP contribution is -2.34. The first kappa shape index (κ1) is 14.8. The quantitative estimate of drug-likeness (QED) is 0.771. The summed E-state index contributed by atoms with van der Waals surface area (Å²) in [6.07, 6.45) is 5.91. The van der Waals surface area contributed by atoms with E-state index in [1.807, 2.05) is 36.5 Å². The number of H-pyrrole nitrogens is 1. The van der Waals surface area contributed by atoms with Crippen LogP contribution in [0.4, 0.5) is 0 Å². The van der Waals surface area contributed by atoms with Gasteiger partial charge in [0.05, 0.1) is 17.8 Å². The van der Waals surface area contributed by atoms with Crippen LogP contribution in [-0.4, -0.2) is 39.1 Å². The van der Waals surface area contributed by atoms with E-state index in [-0.39, 0.29) is 18.0 Å². The summed E-state index contributed by atoms with van der Waals surface area (Å²) < 4.78 is 0. The predicted molar refractivity (Wildman–Crippen MR) is 91.1 cm³/mol. The highest BCUT2D eigenvalue weighted by molar-refractivity contribution is 5.80. The van der Waals surface area contributed by atoms with Crippen LogP contribution in [0.25, 0.3) is 10.9 Å². The van der Waals surface area contributed by atoms with Crippen molar-refractivity contribution in [2.75, 3.05) is 7.05 Å². The molecule has 4 rings (SSSR count). The number of likely N-dealkylation sites (tertiary alicyclic amines) is 1. The Kier molecular flexibility index (Phi) is 3.74. The fraction of sp³-hybridized carbons (Fsp3) is 0.278. The van der Waals surface area contributed by atoms with Crippen molar-refractivity contribution < 1.29 is 4.79 Å². The largest absolute Gasteiger partial charge is 0.337 e. The van der Waals surface area contributed by atoms with Crippen LogP contribution >= 0.6 is 0 Å². The first-order valence-electron chi connectivity index (χ1n) is 8.03. The van der Waals surface area contributed by atoms with Gasteiger partial charge in [-0.25, -0.2) is 0 Å². The average molecular weight is 321 g/mol. The molecule has 1 aromatic carbocycles. The molecule has 1 saturated heterocycles. The monoisotopic (exact) mass is 321 g/mol. The molecule has 0 saturated carbocycles. The molecule has 1 fully saturated rings. The Hall–Kier alpha value is -2.73. The third kappa shape index (κ3) is 2.65. The van der Waals surface area contributed by atoms with Crippen LogP contribution < -0.4 is 5.32 Å². The minimum atomic E-state index is 0.0158. The van der Waals surface area contributed by atoms with Gasteiger partial charge in [-0.15, -0.1) is 0 Å².